The van der Waals surface area contributed by atoms with Crippen molar-refractivity contribution < 1.29 is 4.74 Å². The van der Waals surface area contributed by atoms with E-state index in [0.717, 1.165) is 62.2 Å². The van der Waals surface area contributed by atoms with Gasteiger partial charge in [-0.15, -0.1) is 0 Å². The highest BCUT2D eigenvalue weighted by molar-refractivity contribution is 5.82. The van der Waals surface area contributed by atoms with Crippen LogP contribution in [0.25, 0.3) is 0 Å². The number of nitrogens with one attached hydrogen (secondary N) is 4. The van der Waals surface area contributed by atoms with Crippen molar-refractivity contribution in [3.05, 3.63) is 35.7 Å². The number of rotatable bonds is 8. The Kier molecular flexibility index (Phi) is 9.22. The summed E-state index contributed by atoms with van der Waals surface area (Å²) in [5.41, 5.74) is 3.20. The van der Waals surface area contributed by atoms with Gasteiger partial charge >= 0.3 is 0 Å². The lowest BCUT2D eigenvalue weighted by molar-refractivity contribution is 0.0553. The molecule has 1 atom stereocenters. The van der Waals surface area contributed by atoms with Gasteiger partial charge in [0.05, 0.1) is 19.9 Å². The highest BCUT2D eigenvalue weighted by Crippen LogP contribution is 2.33. The standard InChI is InChI=1S/C22H33N7O.C2H6/c1-3-4-6-16(2)25-21-19-20(24-15-23-19)27-22(28-21)26-17-7-5-8-18(10-9-17)29-11-13-30-14-12-29;1-2/h7-10,16,23H,3-6,11-15H2,1-2H3,(H3,24,25,26,27,28);1-2H3. The normalized spacial score (nSPS) is 18.1. The fraction of sp³-hybridized carbons (Fsp3) is 0.583. The number of hydrogen-bond acceptors (Lipinski definition) is 8. The third kappa shape index (κ3) is 6.38. The molecule has 0 spiro atoms. The number of anilines is 4. The lowest BCUT2D eigenvalue weighted by atomic mass is 10.1. The maximum absolute atomic E-state index is 5.47. The van der Waals surface area contributed by atoms with Crippen molar-refractivity contribution in [1.82, 2.24) is 14.9 Å². The molecule has 3 heterocycles. The monoisotopic (exact) mass is 441 g/mol. The molecule has 0 bridgehead atoms. The van der Waals surface area contributed by atoms with Gasteiger partial charge in [-0.1, -0.05) is 45.8 Å². The maximum Gasteiger partial charge on any atom is 0.231 e. The average Bonchev–Trinajstić information content (AvgIpc) is 3.18. The molecule has 4 rings (SSSR count). The molecule has 3 aliphatic rings. The van der Waals surface area contributed by atoms with Crippen LogP contribution in [0.2, 0.25) is 0 Å². The van der Waals surface area contributed by atoms with Crippen LogP contribution in [0.3, 0.4) is 0 Å². The first-order valence-electron chi connectivity index (χ1n) is 12.1. The van der Waals surface area contributed by atoms with Crippen LogP contribution in [-0.4, -0.2) is 53.9 Å². The van der Waals surface area contributed by atoms with Crippen LogP contribution in [0, 0.1) is 0 Å². The summed E-state index contributed by atoms with van der Waals surface area (Å²) in [5, 5.41) is 13.6. The van der Waals surface area contributed by atoms with E-state index in [2.05, 4.69) is 69.3 Å². The van der Waals surface area contributed by atoms with Crippen molar-refractivity contribution in [3.8, 4) is 0 Å². The molecular formula is C24H39N7O. The van der Waals surface area contributed by atoms with Crippen LogP contribution in [0.5, 0.6) is 0 Å². The molecule has 0 amide bonds. The Hall–Kier alpha value is -2.74. The molecule has 1 aromatic heterocycles. The van der Waals surface area contributed by atoms with Gasteiger partial charge in [-0.25, -0.2) is 0 Å². The van der Waals surface area contributed by atoms with E-state index in [4.69, 9.17) is 9.72 Å². The maximum atomic E-state index is 5.47. The third-order valence-corrected chi connectivity index (χ3v) is 5.53. The first-order valence-corrected chi connectivity index (χ1v) is 12.1. The zero-order valence-electron chi connectivity index (χ0n) is 20.0. The third-order valence-electron chi connectivity index (χ3n) is 5.53. The van der Waals surface area contributed by atoms with Gasteiger partial charge in [-0.05, 0) is 31.9 Å². The molecule has 1 unspecified atom stereocenters. The number of aromatic nitrogens is 2. The van der Waals surface area contributed by atoms with Gasteiger partial charge < -0.3 is 30.9 Å². The molecule has 1 fully saturated rings. The van der Waals surface area contributed by atoms with E-state index >= 15 is 0 Å². The van der Waals surface area contributed by atoms with Gasteiger partial charge in [0.2, 0.25) is 5.95 Å². The van der Waals surface area contributed by atoms with Crippen LogP contribution < -0.4 is 21.3 Å². The number of fused-ring (bicyclic) bond motifs is 1. The largest absolute Gasteiger partial charge is 0.378 e. The van der Waals surface area contributed by atoms with Crippen molar-refractivity contribution in [2.45, 2.75) is 59.4 Å². The SMILES string of the molecule is CC.CCCCC(C)Nc1nc(NC2=CCC=C(N3CCOCC3)C=C2)nc2c1NCN2. The molecule has 2 aliphatic heterocycles. The van der Waals surface area contributed by atoms with E-state index in [1.807, 2.05) is 13.8 Å². The molecule has 0 saturated carbocycles. The number of nitrogens with zero attached hydrogens (tertiary/aromatic N) is 3. The van der Waals surface area contributed by atoms with Crippen molar-refractivity contribution in [1.29, 1.82) is 0 Å². The van der Waals surface area contributed by atoms with Gasteiger partial charge in [0.25, 0.3) is 0 Å². The molecule has 1 aromatic rings. The second-order valence-corrected chi connectivity index (χ2v) is 7.92. The summed E-state index contributed by atoms with van der Waals surface area (Å²) in [7, 11) is 0. The fourth-order valence-electron chi connectivity index (χ4n) is 3.84. The van der Waals surface area contributed by atoms with Gasteiger partial charge in [0.1, 0.15) is 5.69 Å². The Morgan fingerprint density at radius 2 is 1.94 bits per heavy atom. The van der Waals surface area contributed by atoms with E-state index < -0.39 is 0 Å². The molecule has 1 aliphatic carbocycles. The number of ether oxygens (including phenoxy) is 1. The van der Waals surface area contributed by atoms with E-state index in [-0.39, 0.29) is 0 Å². The summed E-state index contributed by atoms with van der Waals surface area (Å²) in [6, 6.07) is 0.358. The first-order chi connectivity index (χ1) is 15.7. The summed E-state index contributed by atoms with van der Waals surface area (Å²) >= 11 is 0. The van der Waals surface area contributed by atoms with E-state index in [0.29, 0.717) is 18.7 Å². The molecule has 176 valence electrons. The van der Waals surface area contributed by atoms with Gasteiger partial charge in [0.15, 0.2) is 11.6 Å². The van der Waals surface area contributed by atoms with Crippen LogP contribution in [0.15, 0.2) is 35.7 Å². The van der Waals surface area contributed by atoms with Gasteiger partial charge in [-0.3, -0.25) is 0 Å². The molecule has 8 heteroatoms. The smallest absolute Gasteiger partial charge is 0.231 e. The summed E-state index contributed by atoms with van der Waals surface area (Å²) in [6.07, 6.45) is 13.1. The van der Waals surface area contributed by atoms with Gasteiger partial charge in [0, 0.05) is 30.5 Å². The van der Waals surface area contributed by atoms with E-state index in [1.165, 1.54) is 18.5 Å². The van der Waals surface area contributed by atoms with Crippen LogP contribution in [0.1, 0.15) is 53.4 Å². The average molecular weight is 442 g/mol. The number of unbranched alkanes of at least 4 members (excludes halogenated alkanes) is 1. The zero-order valence-corrected chi connectivity index (χ0v) is 20.0. The van der Waals surface area contributed by atoms with Crippen molar-refractivity contribution in [3.63, 3.8) is 0 Å². The molecule has 8 nitrogen and oxygen atoms in total. The Balaban J connectivity index is 0.00000141. The van der Waals surface area contributed by atoms with Crippen LogP contribution in [0.4, 0.5) is 23.3 Å². The minimum Gasteiger partial charge on any atom is -0.378 e. The van der Waals surface area contributed by atoms with Gasteiger partial charge in [-0.2, -0.15) is 9.97 Å². The number of morpholine rings is 1. The van der Waals surface area contributed by atoms with E-state index in [1.54, 1.807) is 0 Å². The molecule has 32 heavy (non-hydrogen) atoms. The highest BCUT2D eigenvalue weighted by Gasteiger charge is 2.20. The molecule has 0 radical (unpaired) electrons. The molecular weight excluding hydrogens is 402 g/mol. The Labute approximate surface area is 192 Å². The number of hydrogen-bond donors (Lipinski definition) is 4. The second-order valence-electron chi connectivity index (χ2n) is 7.92. The minimum atomic E-state index is 0.358. The van der Waals surface area contributed by atoms with Crippen molar-refractivity contribution >= 4 is 23.3 Å². The summed E-state index contributed by atoms with van der Waals surface area (Å²) in [4.78, 5) is 11.8. The van der Waals surface area contributed by atoms with Crippen molar-refractivity contribution in [2.75, 3.05) is 54.2 Å². The number of allylic oxidation sites excluding steroid dienone is 4. The Morgan fingerprint density at radius 3 is 2.72 bits per heavy atom. The fourth-order valence-corrected chi connectivity index (χ4v) is 3.84. The quantitative estimate of drug-likeness (QED) is 0.459. The Morgan fingerprint density at radius 1 is 1.12 bits per heavy atom. The molecule has 0 aromatic carbocycles. The molecule has 1 saturated heterocycles. The lowest BCUT2D eigenvalue weighted by Crippen LogP contribution is -2.35. The van der Waals surface area contributed by atoms with E-state index in [9.17, 15) is 0 Å². The minimum absolute atomic E-state index is 0.358. The lowest BCUT2D eigenvalue weighted by Gasteiger charge is -2.29. The molecule has 4 N–H and O–H groups in total. The first kappa shape index (κ1) is 23.9. The predicted molar refractivity (Wildman–Crippen MR) is 134 cm³/mol. The predicted octanol–water partition coefficient (Wildman–Crippen LogP) is 4.76. The Bertz CT molecular complexity index is 828. The summed E-state index contributed by atoms with van der Waals surface area (Å²) in [6.45, 7) is 12.6. The highest BCUT2D eigenvalue weighted by atomic mass is 16.5. The summed E-state index contributed by atoms with van der Waals surface area (Å²) in [5.74, 6) is 2.28. The zero-order chi connectivity index (χ0) is 22.8. The topological polar surface area (TPSA) is 86.4 Å². The second kappa shape index (κ2) is 12.3. The van der Waals surface area contributed by atoms with Crippen LogP contribution in [-0.2, 0) is 4.74 Å². The van der Waals surface area contributed by atoms with Crippen LogP contribution >= 0.6 is 0 Å². The summed E-state index contributed by atoms with van der Waals surface area (Å²) < 4.78 is 5.47. The van der Waals surface area contributed by atoms with Crippen molar-refractivity contribution in [2.24, 2.45) is 0 Å².